The number of amides is 1. The predicted molar refractivity (Wildman–Crippen MR) is 96.0 cm³/mol. The molecule has 1 aromatic heterocycles. The largest absolute Gasteiger partial charge is 0.490 e. The molecule has 0 saturated heterocycles. The lowest BCUT2D eigenvalue weighted by Gasteiger charge is -2.17. The molecule has 136 valence electrons. The summed E-state index contributed by atoms with van der Waals surface area (Å²) in [6, 6.07) is 3.31. The minimum absolute atomic E-state index is 0.292. The number of anilines is 1. The van der Waals surface area contributed by atoms with E-state index in [1.54, 1.807) is 12.1 Å². The molecule has 0 aliphatic carbocycles. The highest BCUT2D eigenvalue weighted by Gasteiger charge is 2.19. The maximum Gasteiger partial charge on any atom is 0.257 e. The summed E-state index contributed by atoms with van der Waals surface area (Å²) < 4.78 is 16.9. The number of carbonyl (C=O) groups is 1. The van der Waals surface area contributed by atoms with Gasteiger partial charge >= 0.3 is 0 Å². The Morgan fingerprint density at radius 3 is 2.04 bits per heavy atom. The molecular weight excluding hydrogens is 322 g/mol. The third kappa shape index (κ3) is 4.23. The summed E-state index contributed by atoms with van der Waals surface area (Å²) in [5, 5.41) is 9.75. The Morgan fingerprint density at radius 1 is 1.04 bits per heavy atom. The first-order valence-corrected chi connectivity index (χ1v) is 8.41. The van der Waals surface area contributed by atoms with Gasteiger partial charge in [0, 0.05) is 16.8 Å². The Bertz CT molecular complexity index is 713. The summed E-state index contributed by atoms with van der Waals surface area (Å²) in [6.07, 6.45) is 0. The first kappa shape index (κ1) is 18.6. The number of aryl methyl sites for hydroxylation is 1. The van der Waals surface area contributed by atoms with Gasteiger partial charge in [-0.05, 0) is 46.8 Å². The van der Waals surface area contributed by atoms with Crippen molar-refractivity contribution in [2.75, 3.05) is 25.1 Å². The van der Waals surface area contributed by atoms with Crippen LogP contribution in [-0.2, 0) is 0 Å². The third-order valence-electron chi connectivity index (χ3n) is 3.66. The van der Waals surface area contributed by atoms with Crippen LogP contribution in [0.2, 0.25) is 0 Å². The molecule has 0 saturated carbocycles. The average Bonchev–Trinajstić information content (AvgIpc) is 2.90. The monoisotopic (exact) mass is 347 g/mol. The number of hydrogen-bond acceptors (Lipinski definition) is 5. The second-order valence-corrected chi connectivity index (χ2v) is 5.38. The van der Waals surface area contributed by atoms with Crippen LogP contribution < -0.4 is 19.5 Å². The van der Waals surface area contributed by atoms with E-state index in [1.807, 2.05) is 34.6 Å². The van der Waals surface area contributed by atoms with Crippen molar-refractivity contribution in [3.05, 3.63) is 29.0 Å². The molecule has 2 rings (SSSR count). The summed E-state index contributed by atoms with van der Waals surface area (Å²) in [5.41, 5.74) is 2.22. The van der Waals surface area contributed by atoms with Crippen molar-refractivity contribution in [1.82, 2.24) is 10.2 Å². The molecule has 0 aliphatic rings. The molecule has 25 heavy (non-hydrogen) atoms. The van der Waals surface area contributed by atoms with Gasteiger partial charge in [0.25, 0.3) is 5.91 Å². The van der Waals surface area contributed by atoms with Crippen molar-refractivity contribution >= 4 is 11.7 Å². The molecule has 1 heterocycles. The van der Waals surface area contributed by atoms with Gasteiger partial charge in [-0.3, -0.25) is 9.89 Å². The highest BCUT2D eigenvalue weighted by atomic mass is 16.5. The normalized spacial score (nSPS) is 10.4. The lowest BCUT2D eigenvalue weighted by Crippen LogP contribution is -2.14. The first-order chi connectivity index (χ1) is 12.0. The summed E-state index contributed by atoms with van der Waals surface area (Å²) in [6.45, 7) is 10.8. The van der Waals surface area contributed by atoms with E-state index in [1.165, 1.54) is 0 Å². The van der Waals surface area contributed by atoms with Crippen molar-refractivity contribution in [2.45, 2.75) is 34.6 Å². The molecular formula is C18H25N3O4. The van der Waals surface area contributed by atoms with Crippen LogP contribution in [0.5, 0.6) is 17.2 Å². The Labute approximate surface area is 147 Å². The van der Waals surface area contributed by atoms with Crippen LogP contribution in [0, 0.1) is 13.8 Å². The standard InChI is InChI=1S/C18H25N3O4/c1-6-23-14-9-13(10-15(24-7-2)16(14)25-8-3)18(22)19-17-11(4)12(5)20-21-17/h9-10H,6-8H2,1-5H3,(H2,19,20,21,22). The van der Waals surface area contributed by atoms with E-state index >= 15 is 0 Å². The third-order valence-corrected chi connectivity index (χ3v) is 3.66. The van der Waals surface area contributed by atoms with Crippen LogP contribution in [0.15, 0.2) is 12.1 Å². The first-order valence-electron chi connectivity index (χ1n) is 8.41. The fraction of sp³-hybridized carbons (Fsp3) is 0.444. The van der Waals surface area contributed by atoms with Crippen LogP contribution in [0.4, 0.5) is 5.82 Å². The number of carbonyl (C=O) groups excluding carboxylic acids is 1. The number of hydrogen-bond donors (Lipinski definition) is 2. The van der Waals surface area contributed by atoms with Gasteiger partial charge in [0.1, 0.15) is 0 Å². The zero-order valence-corrected chi connectivity index (χ0v) is 15.4. The quantitative estimate of drug-likeness (QED) is 0.763. The fourth-order valence-corrected chi connectivity index (χ4v) is 2.31. The van der Waals surface area contributed by atoms with E-state index in [9.17, 15) is 4.79 Å². The predicted octanol–water partition coefficient (Wildman–Crippen LogP) is 3.47. The van der Waals surface area contributed by atoms with Crippen LogP contribution in [-0.4, -0.2) is 35.9 Å². The molecule has 0 fully saturated rings. The van der Waals surface area contributed by atoms with Crippen molar-refractivity contribution in [3.63, 3.8) is 0 Å². The van der Waals surface area contributed by atoms with Gasteiger partial charge in [-0.25, -0.2) is 0 Å². The zero-order valence-electron chi connectivity index (χ0n) is 15.4. The number of aromatic nitrogens is 2. The Balaban J connectivity index is 2.38. The van der Waals surface area contributed by atoms with Crippen molar-refractivity contribution in [3.8, 4) is 17.2 Å². The van der Waals surface area contributed by atoms with Gasteiger partial charge in [0.15, 0.2) is 17.3 Å². The van der Waals surface area contributed by atoms with E-state index in [0.717, 1.165) is 11.3 Å². The molecule has 0 unspecified atom stereocenters. The van der Waals surface area contributed by atoms with Crippen LogP contribution >= 0.6 is 0 Å². The SMILES string of the molecule is CCOc1cc(C(=O)Nc2n[nH]c(C)c2C)cc(OCC)c1OCC. The van der Waals surface area contributed by atoms with Crippen LogP contribution in [0.3, 0.4) is 0 Å². The van der Waals surface area contributed by atoms with Crippen LogP contribution in [0.1, 0.15) is 42.4 Å². The van der Waals surface area contributed by atoms with Crippen molar-refractivity contribution < 1.29 is 19.0 Å². The number of rotatable bonds is 8. The van der Waals surface area contributed by atoms with Gasteiger partial charge in [0.2, 0.25) is 5.75 Å². The van der Waals surface area contributed by atoms with E-state index in [-0.39, 0.29) is 5.91 Å². The molecule has 7 nitrogen and oxygen atoms in total. The Hall–Kier alpha value is -2.70. The highest BCUT2D eigenvalue weighted by molar-refractivity contribution is 6.05. The summed E-state index contributed by atoms with van der Waals surface area (Å²) >= 11 is 0. The second-order valence-electron chi connectivity index (χ2n) is 5.38. The molecule has 1 aromatic carbocycles. The van der Waals surface area contributed by atoms with Gasteiger partial charge < -0.3 is 19.5 Å². The molecule has 2 N–H and O–H groups in total. The summed E-state index contributed by atoms with van der Waals surface area (Å²) in [4.78, 5) is 12.6. The fourth-order valence-electron chi connectivity index (χ4n) is 2.31. The van der Waals surface area contributed by atoms with E-state index in [0.29, 0.717) is 48.5 Å². The molecule has 7 heteroatoms. The molecule has 0 atom stereocenters. The molecule has 0 radical (unpaired) electrons. The smallest absolute Gasteiger partial charge is 0.257 e. The molecule has 1 amide bonds. The molecule has 0 bridgehead atoms. The van der Waals surface area contributed by atoms with Gasteiger partial charge in [-0.15, -0.1) is 0 Å². The summed E-state index contributed by atoms with van der Waals surface area (Å²) in [7, 11) is 0. The lowest BCUT2D eigenvalue weighted by molar-refractivity contribution is 0.102. The molecule has 0 aliphatic heterocycles. The Kier molecular flexibility index (Phi) is 6.27. The van der Waals surface area contributed by atoms with Gasteiger partial charge in [-0.2, -0.15) is 5.10 Å². The second kappa shape index (κ2) is 8.41. The number of ether oxygens (including phenoxy) is 3. The number of aromatic amines is 1. The minimum atomic E-state index is -0.292. The topological polar surface area (TPSA) is 85.5 Å². The van der Waals surface area contributed by atoms with E-state index in [2.05, 4.69) is 15.5 Å². The summed E-state index contributed by atoms with van der Waals surface area (Å²) in [5.74, 6) is 1.69. The number of benzene rings is 1. The maximum atomic E-state index is 12.6. The average molecular weight is 347 g/mol. The van der Waals surface area contributed by atoms with Crippen molar-refractivity contribution in [2.24, 2.45) is 0 Å². The van der Waals surface area contributed by atoms with Gasteiger partial charge in [0.05, 0.1) is 19.8 Å². The van der Waals surface area contributed by atoms with Crippen LogP contribution in [0.25, 0.3) is 0 Å². The minimum Gasteiger partial charge on any atom is -0.490 e. The molecule has 0 spiro atoms. The lowest BCUT2D eigenvalue weighted by atomic mass is 10.1. The number of nitrogens with one attached hydrogen (secondary N) is 2. The highest BCUT2D eigenvalue weighted by Crippen LogP contribution is 2.39. The molecule has 2 aromatic rings. The number of H-pyrrole nitrogens is 1. The number of nitrogens with zero attached hydrogens (tertiary/aromatic N) is 1. The maximum absolute atomic E-state index is 12.6. The van der Waals surface area contributed by atoms with Gasteiger partial charge in [-0.1, -0.05) is 0 Å². The Morgan fingerprint density at radius 2 is 1.60 bits per heavy atom. The zero-order chi connectivity index (χ0) is 18.4. The van der Waals surface area contributed by atoms with Crippen molar-refractivity contribution in [1.29, 1.82) is 0 Å². The van der Waals surface area contributed by atoms with E-state index < -0.39 is 0 Å². The van der Waals surface area contributed by atoms with E-state index in [4.69, 9.17) is 14.2 Å².